The third kappa shape index (κ3) is 6.95. The summed E-state index contributed by atoms with van der Waals surface area (Å²) in [7, 11) is 1.65. The largest absolute Gasteiger partial charge is 0.389 e. The Kier molecular flexibility index (Phi) is 9.06. The van der Waals surface area contributed by atoms with Gasteiger partial charge in [0.1, 0.15) is 0 Å². The van der Waals surface area contributed by atoms with Gasteiger partial charge in [-0.25, -0.2) is 0 Å². The fraction of sp³-hybridized carbons (Fsp3) is 1.00. The van der Waals surface area contributed by atoms with Crippen LogP contribution in [0.25, 0.3) is 0 Å². The Labute approximate surface area is 115 Å². The van der Waals surface area contributed by atoms with Gasteiger partial charge in [0, 0.05) is 24.9 Å². The molecule has 0 saturated heterocycles. The van der Waals surface area contributed by atoms with Crippen LogP contribution in [-0.4, -0.2) is 62.2 Å². The van der Waals surface area contributed by atoms with E-state index in [1.54, 1.807) is 7.11 Å². The minimum atomic E-state index is -0.417. The van der Waals surface area contributed by atoms with Crippen LogP contribution in [0.1, 0.15) is 25.7 Å². The summed E-state index contributed by atoms with van der Waals surface area (Å²) in [6, 6.07) is 0.571. The number of hydrogen-bond acceptors (Lipinski definition) is 5. The van der Waals surface area contributed by atoms with Crippen molar-refractivity contribution in [1.82, 2.24) is 5.32 Å². The second-order valence-corrected chi connectivity index (χ2v) is 5.98. The number of nitrogens with one attached hydrogen (secondary N) is 1. The van der Waals surface area contributed by atoms with Gasteiger partial charge < -0.3 is 19.9 Å². The molecular formula is C13H27NO3S. The van der Waals surface area contributed by atoms with Crippen LogP contribution >= 0.6 is 11.8 Å². The van der Waals surface area contributed by atoms with E-state index in [2.05, 4.69) is 11.6 Å². The van der Waals surface area contributed by atoms with Crippen molar-refractivity contribution in [2.75, 3.05) is 39.7 Å². The molecular weight excluding hydrogens is 250 g/mol. The first-order chi connectivity index (χ1) is 8.76. The van der Waals surface area contributed by atoms with Crippen LogP contribution in [0, 0.1) is 0 Å². The summed E-state index contributed by atoms with van der Waals surface area (Å²) < 4.78 is 10.2. The van der Waals surface area contributed by atoms with E-state index in [1.165, 1.54) is 25.7 Å². The number of hydrogen-bond donors (Lipinski definition) is 2. The second kappa shape index (κ2) is 10.0. The van der Waals surface area contributed by atoms with Gasteiger partial charge >= 0.3 is 0 Å². The fourth-order valence-corrected chi connectivity index (χ4v) is 2.97. The van der Waals surface area contributed by atoms with E-state index in [-0.39, 0.29) is 0 Å². The van der Waals surface area contributed by atoms with E-state index in [4.69, 9.17) is 9.47 Å². The first-order valence-corrected chi connectivity index (χ1v) is 8.06. The average molecular weight is 277 g/mol. The molecule has 0 spiro atoms. The Morgan fingerprint density at radius 2 is 2.00 bits per heavy atom. The van der Waals surface area contributed by atoms with Crippen LogP contribution in [-0.2, 0) is 9.47 Å². The molecule has 0 amide bonds. The molecule has 0 aromatic carbocycles. The van der Waals surface area contributed by atoms with Crippen molar-refractivity contribution < 1.29 is 14.6 Å². The van der Waals surface area contributed by atoms with E-state index >= 15 is 0 Å². The van der Waals surface area contributed by atoms with E-state index in [0.717, 1.165) is 5.25 Å². The molecule has 1 aliphatic rings. The topological polar surface area (TPSA) is 50.7 Å². The molecule has 0 bridgehead atoms. The summed E-state index contributed by atoms with van der Waals surface area (Å²) in [6.07, 6.45) is 6.81. The Hall–Kier alpha value is 0.190. The number of ether oxygens (including phenoxy) is 2. The zero-order valence-corrected chi connectivity index (χ0v) is 12.4. The average Bonchev–Trinajstić information content (AvgIpc) is 2.42. The summed E-state index contributed by atoms with van der Waals surface area (Å²) in [5, 5.41) is 14.0. The molecule has 0 aliphatic heterocycles. The second-order valence-electron chi connectivity index (χ2n) is 4.84. The molecule has 18 heavy (non-hydrogen) atoms. The molecule has 0 radical (unpaired) electrons. The van der Waals surface area contributed by atoms with Gasteiger partial charge in [-0.15, -0.1) is 0 Å². The molecule has 1 saturated carbocycles. The minimum absolute atomic E-state index is 0.385. The molecule has 0 heterocycles. The molecule has 0 aromatic heterocycles. The quantitative estimate of drug-likeness (QED) is 0.622. The molecule has 1 fully saturated rings. The lowest BCUT2D eigenvalue weighted by atomic mass is 9.95. The molecule has 0 aromatic rings. The van der Waals surface area contributed by atoms with Gasteiger partial charge in [0.25, 0.3) is 0 Å². The van der Waals surface area contributed by atoms with Crippen molar-refractivity contribution in [2.24, 2.45) is 0 Å². The van der Waals surface area contributed by atoms with Gasteiger partial charge in [0.2, 0.25) is 0 Å². The highest BCUT2D eigenvalue weighted by molar-refractivity contribution is 7.99. The van der Waals surface area contributed by atoms with Crippen LogP contribution in [0.2, 0.25) is 0 Å². The summed E-state index contributed by atoms with van der Waals surface area (Å²) in [4.78, 5) is 0. The lowest BCUT2D eigenvalue weighted by molar-refractivity contribution is 0.0125. The molecule has 1 rings (SSSR count). The summed E-state index contributed by atoms with van der Waals surface area (Å²) >= 11 is 1.98. The third-order valence-corrected chi connectivity index (χ3v) is 4.53. The van der Waals surface area contributed by atoms with Crippen LogP contribution < -0.4 is 5.32 Å². The predicted molar refractivity (Wildman–Crippen MR) is 76.3 cm³/mol. The smallest absolute Gasteiger partial charge is 0.0897 e. The van der Waals surface area contributed by atoms with E-state index in [1.807, 2.05) is 11.8 Å². The van der Waals surface area contributed by atoms with Gasteiger partial charge in [0.15, 0.2) is 0 Å². The molecule has 1 unspecified atom stereocenters. The van der Waals surface area contributed by atoms with Crippen LogP contribution in [0.5, 0.6) is 0 Å². The van der Waals surface area contributed by atoms with Crippen molar-refractivity contribution in [3.05, 3.63) is 0 Å². The van der Waals surface area contributed by atoms with Gasteiger partial charge in [-0.1, -0.05) is 0 Å². The third-order valence-electron chi connectivity index (χ3n) is 3.39. The Morgan fingerprint density at radius 1 is 1.28 bits per heavy atom. The fourth-order valence-electron chi connectivity index (χ4n) is 2.23. The van der Waals surface area contributed by atoms with Gasteiger partial charge in [-0.2, -0.15) is 11.8 Å². The normalized spacial score (nSPS) is 26.2. The van der Waals surface area contributed by atoms with Gasteiger partial charge in [-0.3, -0.25) is 0 Å². The molecule has 1 atom stereocenters. The summed E-state index contributed by atoms with van der Waals surface area (Å²) in [5.41, 5.74) is 0. The van der Waals surface area contributed by atoms with E-state index in [9.17, 15) is 5.11 Å². The van der Waals surface area contributed by atoms with Crippen LogP contribution in [0.3, 0.4) is 0 Å². The Morgan fingerprint density at radius 3 is 2.61 bits per heavy atom. The lowest BCUT2D eigenvalue weighted by Gasteiger charge is -2.28. The monoisotopic (exact) mass is 277 g/mol. The lowest BCUT2D eigenvalue weighted by Crippen LogP contribution is -2.40. The zero-order valence-electron chi connectivity index (χ0n) is 11.6. The van der Waals surface area contributed by atoms with Crippen LogP contribution in [0.4, 0.5) is 0 Å². The Balaban J connectivity index is 1.99. The predicted octanol–water partition coefficient (Wildman–Crippen LogP) is 1.27. The highest BCUT2D eigenvalue weighted by Gasteiger charge is 2.20. The number of aliphatic hydroxyl groups excluding tert-OH is 1. The molecule has 2 N–H and O–H groups in total. The number of thioether (sulfide) groups is 1. The molecule has 5 heteroatoms. The first kappa shape index (κ1) is 16.2. The number of aliphatic hydroxyl groups is 1. The maximum atomic E-state index is 9.74. The van der Waals surface area contributed by atoms with Crippen molar-refractivity contribution in [3.63, 3.8) is 0 Å². The summed E-state index contributed by atoms with van der Waals surface area (Å²) in [5.74, 6) is 0. The van der Waals surface area contributed by atoms with Crippen molar-refractivity contribution in [3.8, 4) is 0 Å². The van der Waals surface area contributed by atoms with Crippen molar-refractivity contribution in [2.45, 2.75) is 43.1 Å². The first-order valence-electron chi connectivity index (χ1n) is 6.77. The van der Waals surface area contributed by atoms with Gasteiger partial charge in [0.05, 0.1) is 25.9 Å². The molecule has 4 nitrogen and oxygen atoms in total. The maximum Gasteiger partial charge on any atom is 0.0897 e. The van der Waals surface area contributed by atoms with E-state index in [0.29, 0.717) is 32.4 Å². The zero-order chi connectivity index (χ0) is 13.2. The Bertz CT molecular complexity index is 199. The highest BCUT2D eigenvalue weighted by Crippen LogP contribution is 2.26. The number of rotatable bonds is 9. The number of methoxy groups -OCH3 is 1. The minimum Gasteiger partial charge on any atom is -0.389 e. The van der Waals surface area contributed by atoms with E-state index < -0.39 is 6.10 Å². The molecule has 108 valence electrons. The van der Waals surface area contributed by atoms with Crippen molar-refractivity contribution >= 4 is 11.8 Å². The highest BCUT2D eigenvalue weighted by atomic mass is 32.2. The summed E-state index contributed by atoms with van der Waals surface area (Å²) in [6.45, 7) is 2.14. The van der Waals surface area contributed by atoms with Crippen LogP contribution in [0.15, 0.2) is 0 Å². The SMILES string of the molecule is COCCOCC(O)CNC1CCC(SC)CC1. The standard InChI is InChI=1S/C13H27NO3S/c1-16-7-8-17-10-12(15)9-14-11-3-5-13(18-2)6-4-11/h11-15H,3-10H2,1-2H3. The molecule has 1 aliphatic carbocycles. The maximum absolute atomic E-state index is 9.74. The van der Waals surface area contributed by atoms with Gasteiger partial charge in [-0.05, 0) is 31.9 Å². The van der Waals surface area contributed by atoms with Crippen molar-refractivity contribution in [1.29, 1.82) is 0 Å².